The van der Waals surface area contributed by atoms with Gasteiger partial charge in [0, 0.05) is 6.54 Å². The van der Waals surface area contributed by atoms with Crippen molar-refractivity contribution in [3.63, 3.8) is 0 Å². The van der Waals surface area contributed by atoms with Crippen LogP contribution in [0.5, 0.6) is 0 Å². The molecule has 0 radical (unpaired) electrons. The summed E-state index contributed by atoms with van der Waals surface area (Å²) < 4.78 is 0. The van der Waals surface area contributed by atoms with Crippen molar-refractivity contribution < 1.29 is 9.59 Å². The molecule has 1 fully saturated rings. The van der Waals surface area contributed by atoms with Crippen LogP contribution in [0.1, 0.15) is 73.1 Å². The number of hydrogen-bond donors (Lipinski definition) is 1. The zero-order valence-electron chi connectivity index (χ0n) is 14.4. The van der Waals surface area contributed by atoms with E-state index >= 15 is 0 Å². The number of carbonyl (C=O) groups is 2. The van der Waals surface area contributed by atoms with Gasteiger partial charge in [-0.1, -0.05) is 47.0 Å². The van der Waals surface area contributed by atoms with Crippen LogP contribution in [0.2, 0.25) is 0 Å². The Morgan fingerprint density at radius 3 is 2.29 bits per heavy atom. The molecular weight excluding hydrogens is 264 g/mol. The van der Waals surface area contributed by atoms with Crippen LogP contribution in [0.3, 0.4) is 0 Å². The lowest BCUT2D eigenvalue weighted by Crippen LogP contribution is -2.69. The lowest BCUT2D eigenvalue weighted by atomic mass is 9.86. The maximum absolute atomic E-state index is 12.9. The zero-order valence-corrected chi connectivity index (χ0v) is 14.4. The third-order valence-electron chi connectivity index (χ3n) is 5.08. The molecule has 1 aliphatic rings. The first-order valence-corrected chi connectivity index (χ1v) is 8.58. The molecule has 0 bridgehead atoms. The second kappa shape index (κ2) is 7.81. The lowest BCUT2D eigenvalue weighted by Gasteiger charge is -2.45. The molecular formula is C17H32N2O2. The summed E-state index contributed by atoms with van der Waals surface area (Å²) in [4.78, 5) is 27.0. The molecule has 0 aromatic carbocycles. The van der Waals surface area contributed by atoms with Gasteiger partial charge >= 0.3 is 0 Å². The van der Waals surface area contributed by atoms with E-state index in [1.807, 2.05) is 25.7 Å². The third kappa shape index (κ3) is 3.78. The molecule has 2 unspecified atom stereocenters. The molecule has 1 heterocycles. The fraction of sp³-hybridized carbons (Fsp3) is 0.882. The van der Waals surface area contributed by atoms with Crippen molar-refractivity contribution >= 4 is 11.8 Å². The topological polar surface area (TPSA) is 49.4 Å². The van der Waals surface area contributed by atoms with Gasteiger partial charge in [-0.3, -0.25) is 9.59 Å². The second-order valence-electron chi connectivity index (χ2n) is 6.33. The monoisotopic (exact) mass is 296 g/mol. The highest BCUT2D eigenvalue weighted by Crippen LogP contribution is 2.27. The fourth-order valence-corrected chi connectivity index (χ4v) is 3.15. The summed E-state index contributed by atoms with van der Waals surface area (Å²) in [6, 6.07) is -0.348. The molecule has 0 aromatic rings. The number of piperazine rings is 1. The van der Waals surface area contributed by atoms with Crippen LogP contribution in [0.4, 0.5) is 0 Å². The molecule has 0 aromatic heterocycles. The number of amides is 2. The van der Waals surface area contributed by atoms with Gasteiger partial charge in [0.2, 0.25) is 11.8 Å². The Kier molecular flexibility index (Phi) is 6.69. The first-order valence-electron chi connectivity index (χ1n) is 8.58. The minimum absolute atomic E-state index is 0.0105. The Labute approximate surface area is 129 Å². The Balaban J connectivity index is 2.90. The largest absolute Gasteiger partial charge is 0.340 e. The first-order chi connectivity index (χ1) is 9.95. The van der Waals surface area contributed by atoms with Crippen LogP contribution in [0, 0.1) is 5.92 Å². The van der Waals surface area contributed by atoms with Crippen LogP contribution in [0.15, 0.2) is 0 Å². The van der Waals surface area contributed by atoms with Crippen molar-refractivity contribution in [2.24, 2.45) is 5.92 Å². The van der Waals surface area contributed by atoms with Gasteiger partial charge in [0.25, 0.3) is 0 Å². The van der Waals surface area contributed by atoms with E-state index in [0.29, 0.717) is 25.3 Å². The highest BCUT2D eigenvalue weighted by molar-refractivity contribution is 5.99. The minimum atomic E-state index is -0.688. The summed E-state index contributed by atoms with van der Waals surface area (Å²) in [5.74, 6) is 0.590. The molecule has 21 heavy (non-hydrogen) atoms. The standard InChI is InChI=1S/C17H32N2O2/c1-6-10-11-14(7-2)12-19-13(5)15(20)18-17(8-3,9-4)16(19)21/h13-14H,6-12H2,1-5H3,(H,18,20). The normalized spacial score (nSPS) is 23.1. The number of carbonyl (C=O) groups excluding carboxylic acids is 2. The van der Waals surface area contributed by atoms with E-state index in [4.69, 9.17) is 0 Å². The van der Waals surface area contributed by atoms with Gasteiger partial charge < -0.3 is 10.2 Å². The van der Waals surface area contributed by atoms with Crippen molar-refractivity contribution in [1.29, 1.82) is 0 Å². The first kappa shape index (κ1) is 18.0. The summed E-state index contributed by atoms with van der Waals surface area (Å²) >= 11 is 0. The number of nitrogens with one attached hydrogen (secondary N) is 1. The Bertz CT molecular complexity index is 364. The second-order valence-corrected chi connectivity index (χ2v) is 6.33. The smallest absolute Gasteiger partial charge is 0.248 e. The molecule has 1 saturated heterocycles. The van der Waals surface area contributed by atoms with E-state index in [1.165, 1.54) is 12.8 Å². The molecule has 0 saturated carbocycles. The Hall–Kier alpha value is -1.06. The van der Waals surface area contributed by atoms with Crippen LogP contribution in [-0.4, -0.2) is 34.8 Å². The Morgan fingerprint density at radius 2 is 1.81 bits per heavy atom. The molecule has 1 aliphatic heterocycles. The molecule has 122 valence electrons. The van der Waals surface area contributed by atoms with E-state index in [-0.39, 0.29) is 17.9 Å². The fourth-order valence-electron chi connectivity index (χ4n) is 3.15. The van der Waals surface area contributed by atoms with Gasteiger partial charge in [-0.25, -0.2) is 0 Å². The average molecular weight is 296 g/mol. The summed E-state index contributed by atoms with van der Waals surface area (Å²) in [6.45, 7) is 10.9. The number of hydrogen-bond acceptors (Lipinski definition) is 2. The van der Waals surface area contributed by atoms with Crippen LogP contribution >= 0.6 is 0 Å². The van der Waals surface area contributed by atoms with Crippen molar-refractivity contribution in [2.75, 3.05) is 6.54 Å². The SMILES string of the molecule is CCCCC(CC)CN1C(=O)C(CC)(CC)NC(=O)C1C. The maximum Gasteiger partial charge on any atom is 0.248 e. The number of nitrogens with zero attached hydrogens (tertiary/aromatic N) is 1. The molecule has 4 nitrogen and oxygen atoms in total. The predicted molar refractivity (Wildman–Crippen MR) is 85.9 cm³/mol. The van der Waals surface area contributed by atoms with Crippen molar-refractivity contribution in [1.82, 2.24) is 10.2 Å². The molecule has 2 amide bonds. The van der Waals surface area contributed by atoms with Gasteiger partial charge in [0.05, 0.1) is 0 Å². The van der Waals surface area contributed by atoms with Crippen LogP contribution in [0.25, 0.3) is 0 Å². The third-order valence-corrected chi connectivity index (χ3v) is 5.08. The molecule has 0 spiro atoms. The van der Waals surface area contributed by atoms with Crippen LogP contribution in [-0.2, 0) is 9.59 Å². The summed E-state index contributed by atoms with van der Waals surface area (Å²) in [6.07, 6.45) is 5.87. The Morgan fingerprint density at radius 1 is 1.19 bits per heavy atom. The van der Waals surface area contributed by atoms with Crippen molar-refractivity contribution in [2.45, 2.75) is 84.7 Å². The van der Waals surface area contributed by atoms with Crippen molar-refractivity contribution in [3.8, 4) is 0 Å². The summed E-state index contributed by atoms with van der Waals surface area (Å²) in [5, 5.41) is 2.96. The summed E-state index contributed by atoms with van der Waals surface area (Å²) in [7, 11) is 0. The molecule has 1 rings (SSSR count). The summed E-state index contributed by atoms with van der Waals surface area (Å²) in [5.41, 5.74) is -0.688. The minimum Gasteiger partial charge on any atom is -0.340 e. The van der Waals surface area contributed by atoms with Gasteiger partial charge in [0.1, 0.15) is 11.6 Å². The van der Waals surface area contributed by atoms with E-state index in [0.717, 1.165) is 12.8 Å². The molecule has 4 heteroatoms. The van der Waals surface area contributed by atoms with Gasteiger partial charge in [0.15, 0.2) is 0 Å². The van der Waals surface area contributed by atoms with Crippen LogP contribution < -0.4 is 5.32 Å². The van der Waals surface area contributed by atoms with E-state index in [9.17, 15) is 9.59 Å². The highest BCUT2D eigenvalue weighted by atomic mass is 16.2. The van der Waals surface area contributed by atoms with Crippen molar-refractivity contribution in [3.05, 3.63) is 0 Å². The van der Waals surface area contributed by atoms with E-state index in [2.05, 4.69) is 19.2 Å². The van der Waals surface area contributed by atoms with E-state index < -0.39 is 5.54 Å². The maximum atomic E-state index is 12.9. The predicted octanol–water partition coefficient (Wildman–Crippen LogP) is 3.11. The van der Waals surface area contributed by atoms with Gasteiger partial charge in [-0.2, -0.15) is 0 Å². The number of rotatable bonds is 8. The molecule has 0 aliphatic carbocycles. The zero-order chi connectivity index (χ0) is 16.0. The molecule has 1 N–H and O–H groups in total. The highest BCUT2D eigenvalue weighted by Gasteiger charge is 2.47. The van der Waals surface area contributed by atoms with Gasteiger partial charge in [-0.15, -0.1) is 0 Å². The average Bonchev–Trinajstić information content (AvgIpc) is 2.50. The van der Waals surface area contributed by atoms with Gasteiger partial charge in [-0.05, 0) is 32.1 Å². The quantitative estimate of drug-likeness (QED) is 0.748. The lowest BCUT2D eigenvalue weighted by molar-refractivity contribution is -0.155. The van der Waals surface area contributed by atoms with E-state index in [1.54, 1.807) is 0 Å². The number of unbranched alkanes of at least 4 members (excludes halogenated alkanes) is 1. The molecule has 2 atom stereocenters.